The second kappa shape index (κ2) is 4.73. The molecule has 4 rings (SSSR count). The Morgan fingerprint density at radius 2 is 2.05 bits per heavy atom. The monoisotopic (exact) mass is 297 g/mol. The minimum absolute atomic E-state index is 0.142. The standard InChI is InChI=1S/C17H15NO4/c19-16-14(17(20)21)8-12(9-18(16)13-2-3-13)10-1-4-15-11(7-10)5-6-22-15/h1,4,7-9,13H,2-3,5-6H2,(H,20,21). The van der Waals surface area contributed by atoms with Gasteiger partial charge in [0.15, 0.2) is 0 Å². The molecule has 1 aliphatic heterocycles. The number of fused-ring (bicyclic) bond motifs is 1. The first kappa shape index (κ1) is 13.1. The van der Waals surface area contributed by atoms with Gasteiger partial charge in [0.2, 0.25) is 0 Å². The largest absolute Gasteiger partial charge is 0.493 e. The van der Waals surface area contributed by atoms with E-state index >= 15 is 0 Å². The van der Waals surface area contributed by atoms with E-state index in [0.717, 1.165) is 41.7 Å². The molecule has 1 aliphatic carbocycles. The smallest absolute Gasteiger partial charge is 0.341 e. The number of benzene rings is 1. The highest BCUT2D eigenvalue weighted by Crippen LogP contribution is 2.35. The van der Waals surface area contributed by atoms with Crippen molar-refractivity contribution in [1.82, 2.24) is 4.57 Å². The lowest BCUT2D eigenvalue weighted by Crippen LogP contribution is -2.25. The van der Waals surface area contributed by atoms with Crippen molar-refractivity contribution >= 4 is 5.97 Å². The second-order valence-corrected chi connectivity index (χ2v) is 5.81. The first-order chi connectivity index (χ1) is 10.6. The van der Waals surface area contributed by atoms with Gasteiger partial charge in [-0.2, -0.15) is 0 Å². The van der Waals surface area contributed by atoms with Gasteiger partial charge >= 0.3 is 5.97 Å². The molecule has 5 heteroatoms. The molecule has 0 atom stereocenters. The third kappa shape index (κ3) is 2.09. The van der Waals surface area contributed by atoms with E-state index < -0.39 is 11.5 Å². The van der Waals surface area contributed by atoms with Gasteiger partial charge in [-0.1, -0.05) is 6.07 Å². The minimum atomic E-state index is -1.18. The molecule has 1 saturated carbocycles. The molecular weight excluding hydrogens is 282 g/mol. The highest BCUT2D eigenvalue weighted by atomic mass is 16.5. The van der Waals surface area contributed by atoms with Gasteiger partial charge in [-0.15, -0.1) is 0 Å². The molecule has 0 unspecified atom stereocenters. The predicted molar refractivity (Wildman–Crippen MR) is 80.6 cm³/mol. The van der Waals surface area contributed by atoms with Crippen molar-refractivity contribution in [1.29, 1.82) is 0 Å². The van der Waals surface area contributed by atoms with Crippen LogP contribution in [0.4, 0.5) is 0 Å². The van der Waals surface area contributed by atoms with Crippen LogP contribution in [0, 0.1) is 0 Å². The van der Waals surface area contributed by atoms with E-state index in [1.54, 1.807) is 10.8 Å². The van der Waals surface area contributed by atoms with Crippen LogP contribution in [-0.2, 0) is 6.42 Å². The van der Waals surface area contributed by atoms with Gasteiger partial charge in [0.25, 0.3) is 5.56 Å². The van der Waals surface area contributed by atoms with E-state index in [2.05, 4.69) is 0 Å². The molecule has 0 radical (unpaired) electrons. The topological polar surface area (TPSA) is 68.5 Å². The number of carboxylic acids is 1. The number of carbonyl (C=O) groups is 1. The Hall–Kier alpha value is -2.56. The molecule has 22 heavy (non-hydrogen) atoms. The zero-order valence-corrected chi connectivity index (χ0v) is 11.9. The van der Waals surface area contributed by atoms with E-state index in [9.17, 15) is 14.7 Å². The van der Waals surface area contributed by atoms with Crippen LogP contribution in [0.1, 0.15) is 34.8 Å². The number of pyridine rings is 1. The number of aromatic carboxylic acids is 1. The predicted octanol–water partition coefficient (Wildman–Crippen LogP) is 2.48. The lowest BCUT2D eigenvalue weighted by atomic mass is 10.0. The van der Waals surface area contributed by atoms with Crippen molar-refractivity contribution in [2.45, 2.75) is 25.3 Å². The van der Waals surface area contributed by atoms with Crippen LogP contribution in [0.2, 0.25) is 0 Å². The Morgan fingerprint density at radius 1 is 1.23 bits per heavy atom. The second-order valence-electron chi connectivity index (χ2n) is 5.81. The third-order valence-electron chi connectivity index (χ3n) is 4.24. The molecule has 0 saturated heterocycles. The fraction of sp³-hybridized carbons (Fsp3) is 0.294. The van der Waals surface area contributed by atoms with Crippen molar-refractivity contribution in [2.24, 2.45) is 0 Å². The minimum Gasteiger partial charge on any atom is -0.493 e. The molecule has 0 bridgehead atoms. The van der Waals surface area contributed by atoms with Crippen molar-refractivity contribution in [2.75, 3.05) is 6.61 Å². The maximum absolute atomic E-state index is 12.2. The van der Waals surface area contributed by atoms with E-state index in [-0.39, 0.29) is 11.6 Å². The van der Waals surface area contributed by atoms with Crippen LogP contribution in [-0.4, -0.2) is 22.2 Å². The molecule has 1 aromatic heterocycles. The van der Waals surface area contributed by atoms with Crippen LogP contribution >= 0.6 is 0 Å². The van der Waals surface area contributed by atoms with Gasteiger partial charge in [0.05, 0.1) is 6.61 Å². The van der Waals surface area contributed by atoms with Crippen LogP contribution in [0.3, 0.4) is 0 Å². The van der Waals surface area contributed by atoms with Gasteiger partial charge in [0.1, 0.15) is 11.3 Å². The lowest BCUT2D eigenvalue weighted by molar-refractivity contribution is 0.0694. The molecule has 1 aromatic carbocycles. The molecular formula is C17H15NO4. The number of carboxylic acid groups (broad SMARTS) is 1. The zero-order valence-electron chi connectivity index (χ0n) is 11.9. The maximum atomic E-state index is 12.2. The van der Waals surface area contributed by atoms with E-state index in [0.29, 0.717) is 6.61 Å². The maximum Gasteiger partial charge on any atom is 0.341 e. The summed E-state index contributed by atoms with van der Waals surface area (Å²) in [6, 6.07) is 7.45. The molecule has 0 spiro atoms. The van der Waals surface area contributed by atoms with Gasteiger partial charge in [-0.05, 0) is 47.7 Å². The van der Waals surface area contributed by atoms with E-state index in [4.69, 9.17) is 4.74 Å². The lowest BCUT2D eigenvalue weighted by Gasteiger charge is -2.10. The number of nitrogens with zero attached hydrogens (tertiary/aromatic N) is 1. The summed E-state index contributed by atoms with van der Waals surface area (Å²) in [5, 5.41) is 9.29. The van der Waals surface area contributed by atoms with Crippen molar-refractivity contribution in [3.63, 3.8) is 0 Å². The number of hydrogen-bond acceptors (Lipinski definition) is 3. The summed E-state index contributed by atoms with van der Waals surface area (Å²) in [6.45, 7) is 0.681. The molecule has 5 nitrogen and oxygen atoms in total. The average molecular weight is 297 g/mol. The molecule has 2 aromatic rings. The SMILES string of the molecule is O=C(O)c1cc(-c2ccc3c(c2)CCO3)cn(C2CC2)c1=O. The Morgan fingerprint density at radius 3 is 2.77 bits per heavy atom. The molecule has 0 amide bonds. The highest BCUT2D eigenvalue weighted by molar-refractivity contribution is 5.89. The Kier molecular flexibility index (Phi) is 2.82. The van der Waals surface area contributed by atoms with Crippen LogP contribution in [0.25, 0.3) is 11.1 Å². The van der Waals surface area contributed by atoms with Gasteiger partial charge in [0, 0.05) is 18.7 Å². The summed E-state index contributed by atoms with van der Waals surface area (Å²) in [4.78, 5) is 23.6. The summed E-state index contributed by atoms with van der Waals surface area (Å²) < 4.78 is 7.06. The number of ether oxygens (including phenoxy) is 1. The van der Waals surface area contributed by atoms with E-state index in [1.165, 1.54) is 6.07 Å². The first-order valence-corrected chi connectivity index (χ1v) is 7.39. The normalized spacial score (nSPS) is 16.2. The fourth-order valence-electron chi connectivity index (χ4n) is 2.90. The quantitative estimate of drug-likeness (QED) is 0.945. The number of aromatic nitrogens is 1. The highest BCUT2D eigenvalue weighted by Gasteiger charge is 2.27. The summed E-state index contributed by atoms with van der Waals surface area (Å²) >= 11 is 0. The van der Waals surface area contributed by atoms with Gasteiger partial charge < -0.3 is 14.4 Å². The number of hydrogen-bond donors (Lipinski definition) is 1. The Labute approximate surface area is 126 Å². The third-order valence-corrected chi connectivity index (χ3v) is 4.24. The zero-order chi connectivity index (χ0) is 15.3. The van der Waals surface area contributed by atoms with Crippen LogP contribution in [0.5, 0.6) is 5.75 Å². The van der Waals surface area contributed by atoms with Gasteiger partial charge in [-0.25, -0.2) is 4.79 Å². The summed E-state index contributed by atoms with van der Waals surface area (Å²) in [5.74, 6) is -0.288. The Bertz CT molecular complexity index is 833. The average Bonchev–Trinajstić information content (AvgIpc) is 3.24. The summed E-state index contributed by atoms with van der Waals surface area (Å²) in [6.07, 6.45) is 4.50. The van der Waals surface area contributed by atoms with E-state index in [1.807, 2.05) is 18.2 Å². The first-order valence-electron chi connectivity index (χ1n) is 7.39. The van der Waals surface area contributed by atoms with Crippen molar-refractivity contribution in [3.05, 3.63) is 51.9 Å². The van der Waals surface area contributed by atoms with Gasteiger partial charge in [-0.3, -0.25) is 4.79 Å². The molecule has 2 heterocycles. The fourth-order valence-corrected chi connectivity index (χ4v) is 2.90. The van der Waals surface area contributed by atoms with Crippen LogP contribution < -0.4 is 10.3 Å². The summed E-state index contributed by atoms with van der Waals surface area (Å²) in [5.41, 5.74) is 2.22. The molecule has 112 valence electrons. The molecule has 2 aliphatic rings. The van der Waals surface area contributed by atoms with Crippen molar-refractivity contribution in [3.8, 4) is 16.9 Å². The Balaban J connectivity index is 1.87. The van der Waals surface area contributed by atoms with Crippen molar-refractivity contribution < 1.29 is 14.6 Å². The molecule has 1 fully saturated rings. The summed E-state index contributed by atoms with van der Waals surface area (Å²) in [7, 11) is 0. The number of rotatable bonds is 3. The molecule has 1 N–H and O–H groups in total. The van der Waals surface area contributed by atoms with Crippen LogP contribution in [0.15, 0.2) is 35.3 Å².